The Kier molecular flexibility index (Phi) is 8.22. The summed E-state index contributed by atoms with van der Waals surface area (Å²) in [6, 6.07) is 14.8. The number of pyridine rings is 2. The number of hydrogen-bond acceptors (Lipinski definition) is 7. The summed E-state index contributed by atoms with van der Waals surface area (Å²) in [6.07, 6.45) is 1.17. The van der Waals surface area contributed by atoms with Crippen molar-refractivity contribution in [1.29, 1.82) is 0 Å². The molecule has 2 heterocycles. The Balaban J connectivity index is 1.45. The van der Waals surface area contributed by atoms with E-state index in [1.54, 1.807) is 18.2 Å². The van der Waals surface area contributed by atoms with Crippen LogP contribution in [0.15, 0.2) is 82.2 Å². The molecule has 5 rings (SSSR count). The molecule has 0 atom stereocenters. The van der Waals surface area contributed by atoms with Crippen molar-refractivity contribution >= 4 is 38.5 Å². The Labute approximate surface area is 251 Å². The predicted molar refractivity (Wildman–Crippen MR) is 158 cm³/mol. The average Bonchev–Trinajstić information content (AvgIpc) is 2.99. The summed E-state index contributed by atoms with van der Waals surface area (Å²) in [7, 11) is 2.99. The lowest BCUT2D eigenvalue weighted by atomic mass is 10.0. The number of nitrogens with two attached hydrogens (primary N) is 1. The smallest absolute Gasteiger partial charge is 0.266 e. The molecule has 2 aromatic heterocycles. The summed E-state index contributed by atoms with van der Waals surface area (Å²) in [5.41, 5.74) is 5.08. The standard InChI is InChI=1S/C31H22BrF2N3O6/c1-41-27-14-19-23(15-28(27)42-2)36-10-9-25(19)43-26-8-3-16(11-22(26)34)12-24(38)20-13-21(32)29(30(35)39)37(31(20)40)18-6-4-17(33)5-7-18/h3-11,13-15H,12H2,1-2H3,(H2,35,39). The lowest BCUT2D eigenvalue weighted by molar-refractivity contribution is 0.0976. The molecule has 0 aliphatic rings. The topological polar surface area (TPSA) is 123 Å². The molecule has 0 unspecified atom stereocenters. The van der Waals surface area contributed by atoms with Crippen LogP contribution in [0.3, 0.4) is 0 Å². The fourth-order valence-electron chi connectivity index (χ4n) is 4.52. The molecule has 0 bridgehead atoms. The summed E-state index contributed by atoms with van der Waals surface area (Å²) in [6.45, 7) is 0. The van der Waals surface area contributed by atoms with E-state index in [-0.39, 0.29) is 39.2 Å². The molecule has 12 heteroatoms. The number of ether oxygens (including phenoxy) is 3. The normalized spacial score (nSPS) is 10.9. The third-order valence-electron chi connectivity index (χ3n) is 6.56. The number of carbonyl (C=O) groups excluding carboxylic acids is 2. The molecule has 218 valence electrons. The molecule has 0 radical (unpaired) electrons. The van der Waals surface area contributed by atoms with Gasteiger partial charge in [0.2, 0.25) is 0 Å². The van der Waals surface area contributed by atoms with Gasteiger partial charge in [-0.3, -0.25) is 23.9 Å². The van der Waals surface area contributed by atoms with Crippen LogP contribution in [0.25, 0.3) is 16.6 Å². The van der Waals surface area contributed by atoms with Crippen molar-refractivity contribution in [3.63, 3.8) is 0 Å². The van der Waals surface area contributed by atoms with Crippen molar-refractivity contribution in [2.45, 2.75) is 6.42 Å². The lowest BCUT2D eigenvalue weighted by Crippen LogP contribution is -2.32. The van der Waals surface area contributed by atoms with E-state index in [2.05, 4.69) is 20.9 Å². The number of aromatic nitrogens is 2. The van der Waals surface area contributed by atoms with Gasteiger partial charge in [-0.25, -0.2) is 8.78 Å². The van der Waals surface area contributed by atoms with Gasteiger partial charge in [-0.2, -0.15) is 0 Å². The van der Waals surface area contributed by atoms with E-state index in [4.69, 9.17) is 19.9 Å². The predicted octanol–water partition coefficient (Wildman–Crippen LogP) is 5.76. The minimum Gasteiger partial charge on any atom is -0.493 e. The second-order valence-corrected chi connectivity index (χ2v) is 10.1. The van der Waals surface area contributed by atoms with Crippen LogP contribution in [0.5, 0.6) is 23.0 Å². The fourth-order valence-corrected chi connectivity index (χ4v) is 5.12. The molecule has 3 aromatic carbocycles. The number of amides is 1. The summed E-state index contributed by atoms with van der Waals surface area (Å²) < 4.78 is 46.2. The number of primary amides is 1. The van der Waals surface area contributed by atoms with E-state index in [0.29, 0.717) is 28.2 Å². The molecule has 1 amide bonds. The van der Waals surface area contributed by atoms with Gasteiger partial charge in [0.25, 0.3) is 11.5 Å². The van der Waals surface area contributed by atoms with Gasteiger partial charge in [0.05, 0.1) is 25.3 Å². The van der Waals surface area contributed by atoms with Crippen molar-refractivity contribution in [2.24, 2.45) is 5.73 Å². The van der Waals surface area contributed by atoms with Gasteiger partial charge < -0.3 is 19.9 Å². The van der Waals surface area contributed by atoms with Crippen molar-refractivity contribution in [1.82, 2.24) is 9.55 Å². The van der Waals surface area contributed by atoms with Crippen LogP contribution in [0.4, 0.5) is 8.78 Å². The van der Waals surface area contributed by atoms with Gasteiger partial charge in [-0.1, -0.05) is 6.07 Å². The molecule has 5 aromatic rings. The van der Waals surface area contributed by atoms with Crippen LogP contribution in [-0.2, 0) is 6.42 Å². The van der Waals surface area contributed by atoms with Gasteiger partial charge in [-0.15, -0.1) is 0 Å². The van der Waals surface area contributed by atoms with Gasteiger partial charge in [0, 0.05) is 34.2 Å². The van der Waals surface area contributed by atoms with Gasteiger partial charge in [-0.05, 0) is 76.1 Å². The van der Waals surface area contributed by atoms with Crippen LogP contribution >= 0.6 is 15.9 Å². The highest BCUT2D eigenvalue weighted by Crippen LogP contribution is 2.37. The zero-order valence-corrected chi connectivity index (χ0v) is 24.3. The molecule has 2 N–H and O–H groups in total. The average molecular weight is 650 g/mol. The summed E-state index contributed by atoms with van der Waals surface area (Å²) >= 11 is 3.20. The largest absolute Gasteiger partial charge is 0.493 e. The second kappa shape index (κ2) is 12.0. The van der Waals surface area contributed by atoms with Crippen molar-refractivity contribution < 1.29 is 32.6 Å². The first-order valence-electron chi connectivity index (χ1n) is 12.6. The number of Topliss-reactive ketones (excluding diaryl/α,β-unsaturated/α-hetero) is 1. The highest BCUT2D eigenvalue weighted by Gasteiger charge is 2.23. The Bertz CT molecular complexity index is 1960. The van der Waals surface area contributed by atoms with Crippen LogP contribution < -0.4 is 25.5 Å². The molecule has 0 saturated heterocycles. The summed E-state index contributed by atoms with van der Waals surface area (Å²) in [5.74, 6) is -1.77. The number of nitrogens with zero attached hydrogens (tertiary/aromatic N) is 2. The van der Waals surface area contributed by atoms with Crippen molar-refractivity contribution in [3.05, 3.63) is 116 Å². The first kappa shape index (κ1) is 29.4. The van der Waals surface area contributed by atoms with Crippen LogP contribution in [0.2, 0.25) is 0 Å². The Hall–Kier alpha value is -5.10. The van der Waals surface area contributed by atoms with E-state index < -0.39 is 28.9 Å². The van der Waals surface area contributed by atoms with Crippen molar-refractivity contribution in [3.8, 4) is 28.7 Å². The number of carbonyl (C=O) groups is 2. The highest BCUT2D eigenvalue weighted by molar-refractivity contribution is 9.10. The molecule has 9 nitrogen and oxygen atoms in total. The number of halogens is 3. The highest BCUT2D eigenvalue weighted by atomic mass is 79.9. The number of rotatable bonds is 9. The number of fused-ring (bicyclic) bond motifs is 1. The SMILES string of the molecule is COc1cc2nccc(Oc3ccc(CC(=O)c4cc(Br)c(C(N)=O)n(-c5ccc(F)cc5)c4=O)cc3F)c2cc1OC. The first-order valence-corrected chi connectivity index (χ1v) is 13.4. The zero-order valence-electron chi connectivity index (χ0n) is 22.7. The molecule has 0 spiro atoms. The fraction of sp³-hybridized carbons (Fsp3) is 0.0968. The molecule has 0 aliphatic carbocycles. The minimum atomic E-state index is -0.940. The zero-order chi connectivity index (χ0) is 30.8. The summed E-state index contributed by atoms with van der Waals surface area (Å²) in [5, 5.41) is 0.557. The minimum absolute atomic E-state index is 0.0843. The summed E-state index contributed by atoms with van der Waals surface area (Å²) in [4.78, 5) is 43.1. The third-order valence-corrected chi connectivity index (χ3v) is 7.17. The van der Waals surface area contributed by atoms with Gasteiger partial charge >= 0.3 is 0 Å². The second-order valence-electron chi connectivity index (χ2n) is 9.24. The van der Waals surface area contributed by atoms with Crippen molar-refractivity contribution in [2.75, 3.05) is 14.2 Å². The maximum atomic E-state index is 15.2. The molecule has 43 heavy (non-hydrogen) atoms. The molecular formula is C31H22BrF2N3O6. The number of methoxy groups -OCH3 is 2. The van der Waals surface area contributed by atoms with E-state index in [9.17, 15) is 18.8 Å². The first-order chi connectivity index (χ1) is 20.6. The monoisotopic (exact) mass is 649 g/mol. The van der Waals surface area contributed by atoms with E-state index in [1.807, 2.05) is 0 Å². The number of ketones is 1. The Morgan fingerprint density at radius 3 is 2.26 bits per heavy atom. The Morgan fingerprint density at radius 1 is 0.907 bits per heavy atom. The van der Waals surface area contributed by atoms with Gasteiger partial charge in [0.1, 0.15) is 17.3 Å². The maximum Gasteiger partial charge on any atom is 0.266 e. The van der Waals surface area contributed by atoms with E-state index in [1.165, 1.54) is 50.7 Å². The lowest BCUT2D eigenvalue weighted by Gasteiger charge is -2.15. The Morgan fingerprint density at radius 2 is 1.60 bits per heavy atom. The molecule has 0 aliphatic heterocycles. The van der Waals surface area contributed by atoms with Crippen LogP contribution in [-0.4, -0.2) is 35.5 Å². The van der Waals surface area contributed by atoms with E-state index in [0.717, 1.165) is 22.8 Å². The molecule has 0 fully saturated rings. The van der Waals surface area contributed by atoms with Crippen LogP contribution in [0, 0.1) is 11.6 Å². The molecular weight excluding hydrogens is 628 g/mol. The quantitative estimate of drug-likeness (QED) is 0.201. The maximum absolute atomic E-state index is 15.2. The van der Waals surface area contributed by atoms with E-state index >= 15 is 4.39 Å². The third kappa shape index (κ3) is 5.82. The molecule has 0 saturated carbocycles. The van der Waals surface area contributed by atoms with Crippen LogP contribution in [0.1, 0.15) is 26.4 Å². The number of benzene rings is 3. The van der Waals surface area contributed by atoms with Gasteiger partial charge in [0.15, 0.2) is 28.8 Å². The number of hydrogen-bond donors (Lipinski definition) is 1.